The molecule has 0 aromatic heterocycles. The summed E-state index contributed by atoms with van der Waals surface area (Å²) in [5, 5.41) is 3.99. The molecule has 1 aliphatic carbocycles. The summed E-state index contributed by atoms with van der Waals surface area (Å²) in [5.41, 5.74) is 6.85. The van der Waals surface area contributed by atoms with Crippen molar-refractivity contribution in [3.63, 3.8) is 0 Å². The van der Waals surface area contributed by atoms with E-state index in [0.29, 0.717) is 18.5 Å². The Bertz CT molecular complexity index is 397. The van der Waals surface area contributed by atoms with Gasteiger partial charge >= 0.3 is 0 Å². The van der Waals surface area contributed by atoms with Gasteiger partial charge in [0, 0.05) is 11.1 Å². The van der Waals surface area contributed by atoms with Gasteiger partial charge in [0.1, 0.15) is 0 Å². The highest BCUT2D eigenvalue weighted by Gasteiger charge is 2.14. The van der Waals surface area contributed by atoms with Crippen molar-refractivity contribution in [1.82, 2.24) is 5.32 Å². The minimum absolute atomic E-state index is 0.505. The monoisotopic (exact) mass is 251 g/mol. The fraction of sp³-hybridized carbons (Fsp3) is 0.462. The quantitative estimate of drug-likeness (QED) is 0.641. The summed E-state index contributed by atoms with van der Waals surface area (Å²) in [6.07, 6.45) is 4.97. The van der Waals surface area contributed by atoms with Crippen LogP contribution in [0.25, 0.3) is 0 Å². The fourth-order valence-corrected chi connectivity index (χ4v) is 2.32. The smallest absolute Gasteiger partial charge is 0.189 e. The lowest BCUT2D eigenvalue weighted by atomic mass is 10.2. The maximum atomic E-state index is 6.05. The van der Waals surface area contributed by atoms with E-state index < -0.39 is 0 Å². The van der Waals surface area contributed by atoms with E-state index in [-0.39, 0.29) is 0 Å². The van der Waals surface area contributed by atoms with Gasteiger partial charge in [-0.05, 0) is 24.5 Å². The van der Waals surface area contributed by atoms with E-state index in [0.717, 1.165) is 10.6 Å². The minimum atomic E-state index is 0.505. The normalized spacial score (nSPS) is 17.4. The van der Waals surface area contributed by atoms with Gasteiger partial charge in [-0.25, -0.2) is 4.99 Å². The van der Waals surface area contributed by atoms with Crippen LogP contribution in [-0.2, 0) is 6.54 Å². The lowest BCUT2D eigenvalue weighted by molar-refractivity contribution is 0.625. The third-order valence-electron chi connectivity index (χ3n) is 3.08. The second-order valence-corrected chi connectivity index (χ2v) is 4.83. The number of nitrogens with two attached hydrogens (primary N) is 1. The van der Waals surface area contributed by atoms with Crippen molar-refractivity contribution >= 4 is 17.6 Å². The number of aliphatic imine (C=N–C) groups is 1. The van der Waals surface area contributed by atoms with Crippen molar-refractivity contribution in [3.05, 3.63) is 34.9 Å². The van der Waals surface area contributed by atoms with Crippen molar-refractivity contribution in [3.8, 4) is 0 Å². The molecule has 3 nitrogen and oxygen atoms in total. The number of hydrogen-bond donors (Lipinski definition) is 2. The average molecular weight is 252 g/mol. The SMILES string of the molecule is NC(=NCc1ccccc1Cl)NC1CCCC1. The molecule has 0 heterocycles. The summed E-state index contributed by atoms with van der Waals surface area (Å²) in [7, 11) is 0. The second kappa shape index (κ2) is 5.92. The summed E-state index contributed by atoms with van der Waals surface area (Å²) >= 11 is 6.05. The van der Waals surface area contributed by atoms with E-state index >= 15 is 0 Å². The lowest BCUT2D eigenvalue weighted by Crippen LogP contribution is -2.38. The predicted molar refractivity (Wildman–Crippen MR) is 72.2 cm³/mol. The van der Waals surface area contributed by atoms with Gasteiger partial charge in [-0.3, -0.25) is 0 Å². The Morgan fingerprint density at radius 1 is 1.35 bits per heavy atom. The van der Waals surface area contributed by atoms with Gasteiger partial charge < -0.3 is 11.1 Å². The Balaban J connectivity index is 1.89. The highest BCUT2D eigenvalue weighted by molar-refractivity contribution is 6.31. The molecule has 1 fully saturated rings. The molecule has 3 N–H and O–H groups in total. The van der Waals surface area contributed by atoms with Gasteiger partial charge in [0.05, 0.1) is 6.54 Å². The second-order valence-electron chi connectivity index (χ2n) is 4.42. The average Bonchev–Trinajstić information content (AvgIpc) is 2.81. The Kier molecular flexibility index (Phi) is 4.26. The number of benzene rings is 1. The minimum Gasteiger partial charge on any atom is -0.370 e. The first-order valence-electron chi connectivity index (χ1n) is 6.05. The van der Waals surface area contributed by atoms with Crippen LogP contribution >= 0.6 is 11.6 Å². The molecule has 92 valence electrons. The number of hydrogen-bond acceptors (Lipinski definition) is 1. The first kappa shape index (κ1) is 12.2. The summed E-state index contributed by atoms with van der Waals surface area (Å²) in [4.78, 5) is 4.32. The van der Waals surface area contributed by atoms with E-state index in [1.807, 2.05) is 24.3 Å². The molecule has 0 amide bonds. The highest BCUT2D eigenvalue weighted by Crippen LogP contribution is 2.18. The number of nitrogens with zero attached hydrogens (tertiary/aromatic N) is 1. The van der Waals surface area contributed by atoms with Gasteiger partial charge in [0.2, 0.25) is 0 Å². The largest absolute Gasteiger partial charge is 0.370 e. The number of halogens is 1. The van der Waals surface area contributed by atoms with E-state index in [2.05, 4.69) is 10.3 Å². The predicted octanol–water partition coefficient (Wildman–Crippen LogP) is 2.69. The first-order chi connectivity index (χ1) is 8.25. The molecule has 2 rings (SSSR count). The van der Waals surface area contributed by atoms with Crippen LogP contribution < -0.4 is 11.1 Å². The maximum absolute atomic E-state index is 6.05. The molecule has 1 aromatic carbocycles. The summed E-state index contributed by atoms with van der Waals surface area (Å²) < 4.78 is 0. The van der Waals surface area contributed by atoms with Crippen molar-refractivity contribution < 1.29 is 0 Å². The zero-order valence-corrected chi connectivity index (χ0v) is 10.6. The third kappa shape index (κ3) is 3.63. The van der Waals surface area contributed by atoms with E-state index in [1.165, 1.54) is 25.7 Å². The summed E-state index contributed by atoms with van der Waals surface area (Å²) in [5.74, 6) is 0.525. The number of rotatable bonds is 3. The van der Waals surface area contributed by atoms with Crippen molar-refractivity contribution in [2.45, 2.75) is 38.3 Å². The lowest BCUT2D eigenvalue weighted by Gasteiger charge is -2.12. The molecular weight excluding hydrogens is 234 g/mol. The van der Waals surface area contributed by atoms with E-state index in [4.69, 9.17) is 17.3 Å². The molecule has 0 aliphatic heterocycles. The zero-order chi connectivity index (χ0) is 12.1. The number of nitrogens with one attached hydrogen (secondary N) is 1. The Morgan fingerprint density at radius 2 is 2.06 bits per heavy atom. The maximum Gasteiger partial charge on any atom is 0.189 e. The van der Waals surface area contributed by atoms with Crippen LogP contribution in [-0.4, -0.2) is 12.0 Å². The third-order valence-corrected chi connectivity index (χ3v) is 3.45. The molecule has 1 aromatic rings. The molecule has 17 heavy (non-hydrogen) atoms. The molecule has 0 radical (unpaired) electrons. The van der Waals surface area contributed by atoms with Gasteiger partial charge in [0.15, 0.2) is 5.96 Å². The molecule has 1 aliphatic rings. The van der Waals surface area contributed by atoms with Crippen molar-refractivity contribution in [1.29, 1.82) is 0 Å². The Labute approximate surface area is 107 Å². The van der Waals surface area contributed by atoms with Crippen molar-refractivity contribution in [2.24, 2.45) is 10.7 Å². The van der Waals surface area contributed by atoms with Gasteiger partial charge in [-0.1, -0.05) is 42.6 Å². The molecule has 0 saturated heterocycles. The van der Waals surface area contributed by atoms with Crippen LogP contribution in [0, 0.1) is 0 Å². The van der Waals surface area contributed by atoms with Gasteiger partial charge in [-0.2, -0.15) is 0 Å². The molecule has 0 spiro atoms. The molecule has 1 saturated carbocycles. The molecule has 4 heteroatoms. The van der Waals surface area contributed by atoms with Crippen LogP contribution in [0.1, 0.15) is 31.2 Å². The molecule has 0 bridgehead atoms. The van der Waals surface area contributed by atoms with Gasteiger partial charge in [0.25, 0.3) is 0 Å². The highest BCUT2D eigenvalue weighted by atomic mass is 35.5. The van der Waals surface area contributed by atoms with E-state index in [1.54, 1.807) is 0 Å². The van der Waals surface area contributed by atoms with Crippen molar-refractivity contribution in [2.75, 3.05) is 0 Å². The van der Waals surface area contributed by atoms with Crippen LogP contribution in [0.15, 0.2) is 29.3 Å². The van der Waals surface area contributed by atoms with Gasteiger partial charge in [-0.15, -0.1) is 0 Å². The standard InChI is InChI=1S/C13H18ClN3/c14-12-8-4-1-5-10(12)9-16-13(15)17-11-6-2-3-7-11/h1,4-5,8,11H,2-3,6-7,9H2,(H3,15,16,17). The topological polar surface area (TPSA) is 50.4 Å². The van der Waals surface area contributed by atoms with E-state index in [9.17, 15) is 0 Å². The summed E-state index contributed by atoms with van der Waals surface area (Å²) in [6.45, 7) is 0.533. The number of guanidine groups is 1. The zero-order valence-electron chi connectivity index (χ0n) is 9.82. The molecular formula is C13H18ClN3. The van der Waals surface area contributed by atoms with Crippen LogP contribution in [0.4, 0.5) is 0 Å². The molecule has 0 atom stereocenters. The fourth-order valence-electron chi connectivity index (χ4n) is 2.12. The van der Waals surface area contributed by atoms with Crippen LogP contribution in [0.2, 0.25) is 5.02 Å². The van der Waals surface area contributed by atoms with Crippen LogP contribution in [0.5, 0.6) is 0 Å². The summed E-state index contributed by atoms with van der Waals surface area (Å²) in [6, 6.07) is 8.21. The Hall–Kier alpha value is -1.22. The molecule has 0 unspecified atom stereocenters. The first-order valence-corrected chi connectivity index (χ1v) is 6.43. The van der Waals surface area contributed by atoms with Crippen LogP contribution in [0.3, 0.4) is 0 Å². The Morgan fingerprint density at radius 3 is 2.76 bits per heavy atom.